The van der Waals surface area contributed by atoms with Gasteiger partial charge in [-0.15, -0.1) is 0 Å². The Kier molecular flexibility index (Phi) is 4.92. The number of halogens is 1. The van der Waals surface area contributed by atoms with Crippen LogP contribution >= 0.6 is 0 Å². The Balaban J connectivity index is 1.62. The summed E-state index contributed by atoms with van der Waals surface area (Å²) < 4.78 is 18.1. The summed E-state index contributed by atoms with van der Waals surface area (Å²) in [5, 5.41) is 15.3. The number of aromatic hydroxyl groups is 1. The fourth-order valence-electron chi connectivity index (χ4n) is 4.70. The summed E-state index contributed by atoms with van der Waals surface area (Å²) in [7, 11) is 0. The first kappa shape index (κ1) is 21.7. The van der Waals surface area contributed by atoms with Crippen molar-refractivity contribution >= 4 is 22.4 Å². The van der Waals surface area contributed by atoms with E-state index in [0.717, 1.165) is 34.1 Å². The van der Waals surface area contributed by atoms with Crippen LogP contribution < -0.4 is 5.73 Å². The lowest BCUT2D eigenvalue weighted by atomic mass is 10.1. The van der Waals surface area contributed by atoms with Crippen LogP contribution in [0.1, 0.15) is 24.1 Å². The molecule has 0 amide bonds. The van der Waals surface area contributed by atoms with Crippen molar-refractivity contribution in [3.8, 4) is 28.4 Å². The Morgan fingerprint density at radius 3 is 2.67 bits per heavy atom. The summed E-state index contributed by atoms with van der Waals surface area (Å²) in [5.74, 6) is -0.565. The van der Waals surface area contributed by atoms with Gasteiger partial charge >= 0.3 is 0 Å². The van der Waals surface area contributed by atoms with Gasteiger partial charge in [-0.05, 0) is 55.8 Å². The predicted octanol–water partition coefficient (Wildman–Crippen LogP) is 5.15. The monoisotopic (exact) mass is 479 g/mol. The number of phenols is 1. The summed E-state index contributed by atoms with van der Waals surface area (Å²) in [4.78, 5) is 13.2. The summed E-state index contributed by atoms with van der Waals surface area (Å²) in [6.07, 6.45) is 5.23. The highest BCUT2D eigenvalue weighted by Crippen LogP contribution is 2.37. The molecule has 8 nitrogen and oxygen atoms in total. The van der Waals surface area contributed by atoms with Crippen molar-refractivity contribution in [3.05, 3.63) is 90.3 Å². The third-order valence-corrected chi connectivity index (χ3v) is 6.34. The Labute approximate surface area is 205 Å². The molecule has 1 aromatic carbocycles. The van der Waals surface area contributed by atoms with Crippen LogP contribution in [0.3, 0.4) is 0 Å². The topological polar surface area (TPSA) is 107 Å². The first-order valence-electron chi connectivity index (χ1n) is 11.4. The van der Waals surface area contributed by atoms with Gasteiger partial charge in [0.1, 0.15) is 29.4 Å². The Morgan fingerprint density at radius 1 is 1.03 bits per heavy atom. The normalized spacial score (nSPS) is 12.4. The van der Waals surface area contributed by atoms with Crippen molar-refractivity contribution in [2.24, 2.45) is 0 Å². The smallest absolute Gasteiger partial charge is 0.164 e. The molecule has 0 saturated carbocycles. The molecule has 36 heavy (non-hydrogen) atoms. The van der Waals surface area contributed by atoms with E-state index in [2.05, 4.69) is 43.7 Å². The Bertz CT molecular complexity index is 1740. The van der Waals surface area contributed by atoms with Crippen LogP contribution in [0.5, 0.6) is 5.75 Å². The molecule has 5 heterocycles. The van der Waals surface area contributed by atoms with E-state index < -0.39 is 5.82 Å². The van der Waals surface area contributed by atoms with Crippen LogP contribution in [0.25, 0.3) is 39.2 Å². The maximum Gasteiger partial charge on any atom is 0.164 e. The molecule has 1 atom stereocenters. The second-order valence-electron chi connectivity index (χ2n) is 8.79. The van der Waals surface area contributed by atoms with Crippen molar-refractivity contribution < 1.29 is 9.50 Å². The molecule has 5 aromatic heterocycles. The molecule has 0 radical (unpaired) electrons. The van der Waals surface area contributed by atoms with Gasteiger partial charge in [-0.3, -0.25) is 4.98 Å². The molecule has 6 rings (SSSR count). The fraction of sp³-hybridized carbons (Fsp3) is 0.111. The number of pyridine rings is 2. The summed E-state index contributed by atoms with van der Waals surface area (Å²) in [6, 6.07) is 15.6. The average molecular weight is 480 g/mol. The van der Waals surface area contributed by atoms with Crippen LogP contribution in [-0.2, 0) is 0 Å². The minimum absolute atomic E-state index is 0.206. The lowest BCUT2D eigenvalue weighted by Crippen LogP contribution is -2.10. The molecular formula is C27H22FN7O. The second kappa shape index (κ2) is 8.16. The SMILES string of the molecule is Cc1ccc2cc(C(C)n3nc(-c4cc(O)cc(F)c4)c4c(N)ncnc43)c(-c3ccccn3)n2c1. The molecule has 9 heteroatoms. The minimum atomic E-state index is -0.581. The maximum absolute atomic E-state index is 14.2. The number of nitrogens with two attached hydrogens (primary N) is 1. The van der Waals surface area contributed by atoms with E-state index in [1.807, 2.05) is 32.0 Å². The van der Waals surface area contributed by atoms with Gasteiger partial charge in [-0.1, -0.05) is 12.1 Å². The highest BCUT2D eigenvalue weighted by atomic mass is 19.1. The molecular weight excluding hydrogens is 457 g/mol. The van der Waals surface area contributed by atoms with Crippen molar-refractivity contribution in [2.75, 3.05) is 5.73 Å². The number of rotatable bonds is 4. The zero-order valence-corrected chi connectivity index (χ0v) is 19.6. The number of benzene rings is 1. The third kappa shape index (κ3) is 3.44. The summed E-state index contributed by atoms with van der Waals surface area (Å²) in [5.41, 5.74) is 12.4. The minimum Gasteiger partial charge on any atom is -0.508 e. The van der Waals surface area contributed by atoms with Crippen molar-refractivity contribution in [1.29, 1.82) is 0 Å². The second-order valence-corrected chi connectivity index (χ2v) is 8.79. The summed E-state index contributed by atoms with van der Waals surface area (Å²) >= 11 is 0. The highest BCUT2D eigenvalue weighted by molar-refractivity contribution is 5.98. The molecule has 0 aliphatic rings. The Hall–Kier alpha value is -4.79. The first-order valence-corrected chi connectivity index (χ1v) is 11.4. The van der Waals surface area contributed by atoms with E-state index in [1.165, 1.54) is 18.5 Å². The molecule has 3 N–H and O–H groups in total. The van der Waals surface area contributed by atoms with Gasteiger partial charge in [0.05, 0.1) is 22.8 Å². The van der Waals surface area contributed by atoms with E-state index >= 15 is 0 Å². The number of nitrogen functional groups attached to an aromatic ring is 1. The van der Waals surface area contributed by atoms with Gasteiger partial charge in [-0.2, -0.15) is 5.10 Å². The van der Waals surface area contributed by atoms with E-state index in [4.69, 9.17) is 10.8 Å². The lowest BCUT2D eigenvalue weighted by Gasteiger charge is -2.15. The van der Waals surface area contributed by atoms with Crippen molar-refractivity contribution in [2.45, 2.75) is 19.9 Å². The number of fused-ring (bicyclic) bond motifs is 2. The van der Waals surface area contributed by atoms with Gasteiger partial charge in [-0.25, -0.2) is 19.0 Å². The molecule has 0 spiro atoms. The van der Waals surface area contributed by atoms with E-state index in [1.54, 1.807) is 10.9 Å². The van der Waals surface area contributed by atoms with Gasteiger partial charge in [0.15, 0.2) is 5.65 Å². The predicted molar refractivity (Wildman–Crippen MR) is 136 cm³/mol. The number of nitrogens with zero attached hydrogens (tertiary/aromatic N) is 6. The van der Waals surface area contributed by atoms with Crippen LogP contribution in [0.2, 0.25) is 0 Å². The van der Waals surface area contributed by atoms with Crippen LogP contribution in [0.4, 0.5) is 10.2 Å². The van der Waals surface area contributed by atoms with Crippen LogP contribution in [-0.4, -0.2) is 34.2 Å². The quantitative estimate of drug-likeness (QED) is 0.362. The zero-order valence-electron chi connectivity index (χ0n) is 19.6. The van der Waals surface area contributed by atoms with Crippen LogP contribution in [0.15, 0.2) is 73.3 Å². The van der Waals surface area contributed by atoms with Crippen molar-refractivity contribution in [1.82, 2.24) is 29.1 Å². The summed E-state index contributed by atoms with van der Waals surface area (Å²) in [6.45, 7) is 4.07. The van der Waals surface area contributed by atoms with Gasteiger partial charge in [0.2, 0.25) is 0 Å². The maximum atomic E-state index is 14.2. The number of aromatic nitrogens is 6. The van der Waals surface area contributed by atoms with Gasteiger partial charge in [0, 0.05) is 35.1 Å². The molecule has 178 valence electrons. The lowest BCUT2D eigenvalue weighted by molar-refractivity contribution is 0.469. The molecule has 0 aliphatic heterocycles. The molecule has 0 aliphatic carbocycles. The standard InChI is InChI=1S/C27H22FN7O/c1-15-6-7-19-12-21(25(34(19)13-15)22-5-3-4-8-30-22)16(2)35-27-23(26(29)31-14-32-27)24(33-35)17-9-18(28)11-20(36)10-17/h3-14,16,36H,1-2H3,(H2,29,31,32). The molecule has 0 bridgehead atoms. The van der Waals surface area contributed by atoms with E-state index in [0.29, 0.717) is 22.3 Å². The number of aryl methyl sites for hydroxylation is 1. The fourth-order valence-corrected chi connectivity index (χ4v) is 4.70. The van der Waals surface area contributed by atoms with E-state index in [-0.39, 0.29) is 17.6 Å². The molecule has 0 fully saturated rings. The third-order valence-electron chi connectivity index (χ3n) is 6.34. The number of phenolic OH excluding ortho intramolecular Hbond substituents is 1. The van der Waals surface area contributed by atoms with Crippen LogP contribution in [0, 0.1) is 12.7 Å². The molecule has 1 unspecified atom stereocenters. The molecule has 6 aromatic rings. The Morgan fingerprint density at radius 2 is 1.89 bits per heavy atom. The zero-order chi connectivity index (χ0) is 25.0. The largest absolute Gasteiger partial charge is 0.508 e. The highest BCUT2D eigenvalue weighted by Gasteiger charge is 2.25. The average Bonchev–Trinajstić information content (AvgIpc) is 3.43. The number of hydrogen-bond donors (Lipinski definition) is 2. The molecule has 0 saturated heterocycles. The number of hydrogen-bond acceptors (Lipinski definition) is 6. The van der Waals surface area contributed by atoms with Crippen molar-refractivity contribution in [3.63, 3.8) is 0 Å². The van der Waals surface area contributed by atoms with Gasteiger partial charge in [0.25, 0.3) is 0 Å². The first-order chi connectivity index (χ1) is 17.4. The van der Waals surface area contributed by atoms with E-state index in [9.17, 15) is 9.50 Å². The number of anilines is 1. The van der Waals surface area contributed by atoms with Gasteiger partial charge < -0.3 is 15.2 Å².